The molecule has 68 heavy (non-hydrogen) atoms. The molecule has 0 fully saturated rings. The summed E-state index contributed by atoms with van der Waals surface area (Å²) in [6, 6.07) is 36.5. The molecule has 16 heteroatoms. The number of nitriles is 1. The summed E-state index contributed by atoms with van der Waals surface area (Å²) in [5, 5.41) is 12.8. The molecule has 0 saturated carbocycles. The third-order valence-corrected chi connectivity index (χ3v) is 11.9. The van der Waals surface area contributed by atoms with Crippen molar-refractivity contribution in [3.63, 3.8) is 0 Å². The van der Waals surface area contributed by atoms with Gasteiger partial charge in [-0.05, 0) is 119 Å². The molecule has 0 unspecified atom stereocenters. The van der Waals surface area contributed by atoms with E-state index in [-0.39, 0.29) is 45.6 Å². The maximum absolute atomic E-state index is 13.9. The lowest BCUT2D eigenvalue weighted by Crippen LogP contribution is -2.11. The van der Waals surface area contributed by atoms with Crippen LogP contribution >= 0.6 is 0 Å². The quantitative estimate of drug-likeness (QED) is 0.161. The Hall–Kier alpha value is -8.06. The Labute approximate surface area is 376 Å². The third-order valence-electron chi connectivity index (χ3n) is 11.9. The molecule has 0 aliphatic heterocycles. The van der Waals surface area contributed by atoms with Crippen molar-refractivity contribution in [3.05, 3.63) is 186 Å². The summed E-state index contributed by atoms with van der Waals surface area (Å²) in [6.07, 6.45) is -18.8. The van der Waals surface area contributed by atoms with Crippen molar-refractivity contribution < 1.29 is 52.7 Å². The van der Waals surface area contributed by atoms with E-state index in [1.54, 1.807) is 91.0 Å². The summed E-state index contributed by atoms with van der Waals surface area (Å²) in [6.45, 7) is 0. The SMILES string of the molecule is N#Cc1cccc(-n2c3ccccc3c3cc(-c4cc(C(F)(F)F)cc(C(F)(F)F)c4)ccc32)c1-c1ncccc1-n1c2ccccc2c2cc(-c3cc(C(F)(F)F)cc(C(F)(F)F)c3)ccc21. The lowest BCUT2D eigenvalue weighted by molar-refractivity contribution is -0.144. The minimum atomic E-state index is -5.07. The number of aromatic nitrogens is 3. The molecular formula is C52H26F12N4. The Morgan fingerprint density at radius 1 is 0.382 bits per heavy atom. The number of para-hydroxylation sites is 2. The Morgan fingerprint density at radius 3 is 1.24 bits per heavy atom. The van der Waals surface area contributed by atoms with Gasteiger partial charge in [0.2, 0.25) is 0 Å². The summed E-state index contributed by atoms with van der Waals surface area (Å²) in [5.74, 6) is 0. The van der Waals surface area contributed by atoms with E-state index >= 15 is 0 Å². The van der Waals surface area contributed by atoms with Crippen molar-refractivity contribution in [2.24, 2.45) is 0 Å². The van der Waals surface area contributed by atoms with Crippen LogP contribution in [0.5, 0.6) is 0 Å². The van der Waals surface area contributed by atoms with E-state index in [1.165, 1.54) is 30.5 Å². The van der Waals surface area contributed by atoms with Crippen LogP contribution in [0.4, 0.5) is 52.7 Å². The number of alkyl halides is 12. The molecule has 0 spiro atoms. The summed E-state index contributed by atoms with van der Waals surface area (Å²) in [4.78, 5) is 4.82. The van der Waals surface area contributed by atoms with E-state index in [4.69, 9.17) is 4.98 Å². The van der Waals surface area contributed by atoms with Gasteiger partial charge in [0.15, 0.2) is 0 Å². The van der Waals surface area contributed by atoms with Crippen LogP contribution in [0.25, 0.3) is 88.5 Å². The first kappa shape index (κ1) is 43.8. The van der Waals surface area contributed by atoms with E-state index < -0.39 is 47.0 Å². The van der Waals surface area contributed by atoms with Crippen molar-refractivity contribution in [2.45, 2.75) is 24.7 Å². The molecule has 3 aromatic heterocycles. The topological polar surface area (TPSA) is 46.5 Å². The number of hydrogen-bond donors (Lipinski definition) is 0. The fourth-order valence-electron chi connectivity index (χ4n) is 8.91. The Bertz CT molecular complexity index is 3650. The van der Waals surface area contributed by atoms with Gasteiger partial charge in [0, 0.05) is 33.3 Å². The fourth-order valence-corrected chi connectivity index (χ4v) is 8.91. The molecule has 0 bridgehead atoms. The normalized spacial score (nSPS) is 12.7. The number of rotatable bonds is 5. The Balaban J connectivity index is 1.19. The zero-order chi connectivity index (χ0) is 48.1. The molecule has 0 aliphatic rings. The first-order chi connectivity index (χ1) is 32.2. The lowest BCUT2D eigenvalue weighted by atomic mass is 9.97. The van der Waals surface area contributed by atoms with Gasteiger partial charge in [-0.2, -0.15) is 57.9 Å². The van der Waals surface area contributed by atoms with Gasteiger partial charge in [-0.1, -0.05) is 54.6 Å². The highest BCUT2D eigenvalue weighted by molar-refractivity contribution is 6.12. The molecule has 0 radical (unpaired) electrons. The molecule has 0 aliphatic carbocycles. The fraction of sp³-hybridized carbons (Fsp3) is 0.0769. The monoisotopic (exact) mass is 934 g/mol. The Morgan fingerprint density at radius 2 is 0.794 bits per heavy atom. The summed E-state index contributed by atoms with van der Waals surface area (Å²) in [7, 11) is 0. The van der Waals surface area contributed by atoms with Crippen LogP contribution in [0.15, 0.2) is 158 Å². The maximum atomic E-state index is 13.9. The molecule has 3 heterocycles. The van der Waals surface area contributed by atoms with E-state index in [9.17, 15) is 57.9 Å². The van der Waals surface area contributed by atoms with Gasteiger partial charge in [0.1, 0.15) is 0 Å². The molecule has 0 saturated heterocycles. The molecule has 4 nitrogen and oxygen atoms in total. The number of pyridine rings is 1. The van der Waals surface area contributed by atoms with Crippen LogP contribution in [0.2, 0.25) is 0 Å². The molecule has 10 rings (SSSR count). The molecule has 0 atom stereocenters. The molecule has 10 aromatic rings. The first-order valence-corrected chi connectivity index (χ1v) is 20.4. The summed E-state index contributed by atoms with van der Waals surface area (Å²) >= 11 is 0. The van der Waals surface area contributed by atoms with Crippen LogP contribution in [-0.2, 0) is 24.7 Å². The second-order valence-electron chi connectivity index (χ2n) is 15.9. The maximum Gasteiger partial charge on any atom is 0.416 e. The minimum Gasteiger partial charge on any atom is -0.309 e. The van der Waals surface area contributed by atoms with Gasteiger partial charge in [0.25, 0.3) is 0 Å². The zero-order valence-electron chi connectivity index (χ0n) is 34.3. The highest BCUT2D eigenvalue weighted by Crippen LogP contribution is 2.45. The van der Waals surface area contributed by atoms with Crippen molar-refractivity contribution in [3.8, 4) is 51.0 Å². The number of fused-ring (bicyclic) bond motifs is 6. The van der Waals surface area contributed by atoms with Gasteiger partial charge in [-0.25, -0.2) is 0 Å². The average molecular weight is 935 g/mol. The zero-order valence-corrected chi connectivity index (χ0v) is 34.3. The van der Waals surface area contributed by atoms with Crippen LogP contribution in [0, 0.1) is 11.3 Å². The van der Waals surface area contributed by atoms with Crippen LogP contribution < -0.4 is 0 Å². The molecule has 0 amide bonds. The highest BCUT2D eigenvalue weighted by atomic mass is 19.4. The van der Waals surface area contributed by atoms with Crippen molar-refractivity contribution in [1.82, 2.24) is 14.1 Å². The number of hydrogen-bond acceptors (Lipinski definition) is 2. The number of nitrogens with zero attached hydrogens (tertiary/aromatic N) is 4. The average Bonchev–Trinajstić information content (AvgIpc) is 3.82. The second-order valence-corrected chi connectivity index (χ2v) is 15.9. The van der Waals surface area contributed by atoms with Gasteiger partial charge in [0.05, 0.1) is 73.0 Å². The molecular weight excluding hydrogens is 909 g/mol. The van der Waals surface area contributed by atoms with Crippen LogP contribution in [-0.4, -0.2) is 14.1 Å². The summed E-state index contributed by atoms with van der Waals surface area (Å²) in [5.41, 5.74) is -2.53. The van der Waals surface area contributed by atoms with Gasteiger partial charge in [-0.3, -0.25) is 4.98 Å². The number of halogens is 12. The van der Waals surface area contributed by atoms with E-state index in [1.807, 2.05) is 9.13 Å². The Kier molecular flexibility index (Phi) is 9.99. The van der Waals surface area contributed by atoms with E-state index in [2.05, 4.69) is 6.07 Å². The van der Waals surface area contributed by atoms with Crippen molar-refractivity contribution >= 4 is 43.6 Å². The predicted octanol–water partition coefficient (Wildman–Crippen LogP) is 16.2. The molecule has 338 valence electrons. The first-order valence-electron chi connectivity index (χ1n) is 20.4. The van der Waals surface area contributed by atoms with Crippen LogP contribution in [0.1, 0.15) is 27.8 Å². The van der Waals surface area contributed by atoms with Crippen molar-refractivity contribution in [2.75, 3.05) is 0 Å². The van der Waals surface area contributed by atoms with E-state index in [0.29, 0.717) is 84.8 Å². The van der Waals surface area contributed by atoms with Crippen molar-refractivity contribution in [1.29, 1.82) is 5.26 Å². The van der Waals surface area contributed by atoms with Gasteiger partial charge < -0.3 is 9.13 Å². The highest BCUT2D eigenvalue weighted by Gasteiger charge is 2.39. The standard InChI is InChI=1S/C52H26F12N4/c53-49(54,55)33-19-31(20-34(25-33)50(56,57)58)28-14-16-43-39(23-28)37-8-1-3-10-41(37)67(43)45-12-5-7-30(27-65)47(45)48-46(13-6-18-66-48)68-42-11-4-2-9-38(42)40-24-29(15-17-44(40)68)32-21-35(51(59,60)61)26-36(22-32)52(62,63)64/h1-26H. The smallest absolute Gasteiger partial charge is 0.309 e. The minimum absolute atomic E-state index is 0.0663. The van der Waals surface area contributed by atoms with Gasteiger partial charge in [-0.15, -0.1) is 0 Å². The third kappa shape index (κ3) is 7.44. The van der Waals surface area contributed by atoms with Gasteiger partial charge >= 0.3 is 24.7 Å². The predicted molar refractivity (Wildman–Crippen MR) is 234 cm³/mol. The van der Waals surface area contributed by atoms with E-state index in [0.717, 1.165) is 0 Å². The molecule has 7 aromatic carbocycles. The summed E-state index contributed by atoms with van der Waals surface area (Å²) < 4.78 is 171. The largest absolute Gasteiger partial charge is 0.416 e. The van der Waals surface area contributed by atoms with Crippen LogP contribution in [0.3, 0.4) is 0 Å². The molecule has 0 N–H and O–H groups in total. The second kappa shape index (κ2) is 15.5. The number of benzene rings is 7. The lowest BCUT2D eigenvalue weighted by Gasteiger charge is -2.19.